The van der Waals surface area contributed by atoms with Crippen LogP contribution in [0.15, 0.2) is 46.6 Å². The minimum Gasteiger partial charge on any atom is -0.507 e. The van der Waals surface area contributed by atoms with E-state index in [1.54, 1.807) is 46.7 Å². The molecule has 2 aromatic rings. The third-order valence-electron chi connectivity index (χ3n) is 3.51. The van der Waals surface area contributed by atoms with Crippen LogP contribution in [-0.2, 0) is 0 Å². The number of benzene rings is 2. The Morgan fingerprint density at radius 3 is 1.58 bits per heavy atom. The summed E-state index contributed by atoms with van der Waals surface area (Å²) < 4.78 is 0. The number of hydrazone groups is 2. The van der Waals surface area contributed by atoms with Gasteiger partial charge in [-0.2, -0.15) is 10.2 Å². The van der Waals surface area contributed by atoms with Gasteiger partial charge < -0.3 is 10.2 Å². The number of hydrogen-bond donors (Lipinski definition) is 2. The lowest BCUT2D eigenvalue weighted by Gasteiger charge is -2.17. The first kappa shape index (κ1) is 19.9. The van der Waals surface area contributed by atoms with Gasteiger partial charge in [0, 0.05) is 35.3 Å². The van der Waals surface area contributed by atoms with Crippen LogP contribution in [0.4, 0.5) is 0 Å². The van der Waals surface area contributed by atoms with E-state index in [4.69, 9.17) is 23.2 Å². The predicted molar refractivity (Wildman–Crippen MR) is 107 cm³/mol. The molecule has 0 heterocycles. The molecule has 0 saturated heterocycles. The zero-order valence-corrected chi connectivity index (χ0v) is 16.0. The van der Waals surface area contributed by atoms with Gasteiger partial charge >= 0.3 is 0 Å². The van der Waals surface area contributed by atoms with Crippen molar-refractivity contribution < 1.29 is 10.2 Å². The third-order valence-corrected chi connectivity index (χ3v) is 3.98. The summed E-state index contributed by atoms with van der Waals surface area (Å²) in [5.74, 6) is 0.240. The van der Waals surface area contributed by atoms with Crippen LogP contribution in [-0.4, -0.2) is 59.8 Å². The number of rotatable bonds is 7. The van der Waals surface area contributed by atoms with Crippen LogP contribution in [0.2, 0.25) is 10.0 Å². The Bertz CT molecular complexity index is 744. The zero-order chi connectivity index (χ0) is 19.1. The minimum atomic E-state index is 0.120. The fourth-order valence-electron chi connectivity index (χ4n) is 1.98. The number of halogens is 2. The Labute approximate surface area is 162 Å². The van der Waals surface area contributed by atoms with E-state index < -0.39 is 0 Å². The minimum absolute atomic E-state index is 0.120. The summed E-state index contributed by atoms with van der Waals surface area (Å²) in [6.45, 7) is 1.21. The van der Waals surface area contributed by atoms with Crippen molar-refractivity contribution in [1.29, 1.82) is 0 Å². The fraction of sp³-hybridized carbons (Fsp3) is 0.222. The maximum atomic E-state index is 9.76. The van der Waals surface area contributed by atoms with Crippen LogP contribution in [0.1, 0.15) is 11.1 Å². The van der Waals surface area contributed by atoms with Crippen molar-refractivity contribution in [2.45, 2.75) is 0 Å². The second-order valence-electron chi connectivity index (χ2n) is 5.66. The summed E-state index contributed by atoms with van der Waals surface area (Å²) >= 11 is 11.8. The van der Waals surface area contributed by atoms with Gasteiger partial charge in [0.2, 0.25) is 0 Å². The van der Waals surface area contributed by atoms with Crippen molar-refractivity contribution in [3.05, 3.63) is 57.6 Å². The van der Waals surface area contributed by atoms with E-state index in [9.17, 15) is 10.2 Å². The van der Waals surface area contributed by atoms with Crippen molar-refractivity contribution in [3.8, 4) is 11.5 Å². The molecule has 0 aromatic heterocycles. The second-order valence-corrected chi connectivity index (χ2v) is 6.53. The van der Waals surface area contributed by atoms with E-state index in [0.29, 0.717) is 34.3 Å². The molecule has 0 unspecified atom stereocenters. The summed E-state index contributed by atoms with van der Waals surface area (Å²) in [5.41, 5.74) is 1.10. The Balaban J connectivity index is 1.87. The van der Waals surface area contributed by atoms with Crippen molar-refractivity contribution >= 4 is 35.6 Å². The number of aromatic hydroxyl groups is 2. The van der Waals surface area contributed by atoms with Gasteiger partial charge in [-0.15, -0.1) is 0 Å². The quantitative estimate of drug-likeness (QED) is 0.555. The van der Waals surface area contributed by atoms with Gasteiger partial charge in [-0.05, 0) is 36.4 Å². The number of likely N-dealkylation sites (N-methyl/N-ethyl adjacent to an activating group) is 2. The summed E-state index contributed by atoms with van der Waals surface area (Å²) in [6.07, 6.45) is 3.10. The van der Waals surface area contributed by atoms with Gasteiger partial charge in [0.05, 0.1) is 25.5 Å². The van der Waals surface area contributed by atoms with E-state index in [1.165, 1.54) is 12.1 Å². The highest BCUT2D eigenvalue weighted by molar-refractivity contribution is 6.31. The molecule has 0 aliphatic carbocycles. The molecule has 8 heteroatoms. The lowest BCUT2D eigenvalue weighted by molar-refractivity contribution is 0.272. The summed E-state index contributed by atoms with van der Waals surface area (Å²) in [6, 6.07) is 9.56. The van der Waals surface area contributed by atoms with Crippen LogP contribution >= 0.6 is 23.2 Å². The molecule has 0 radical (unpaired) electrons. The SMILES string of the molecule is CN(CCN(C)N=Cc1cc(Cl)ccc1O)N=Cc1cc(Cl)ccc1O. The maximum absolute atomic E-state index is 9.76. The van der Waals surface area contributed by atoms with Crippen LogP contribution in [0, 0.1) is 0 Å². The molecule has 0 amide bonds. The summed E-state index contributed by atoms with van der Waals surface area (Å²) in [4.78, 5) is 0. The van der Waals surface area contributed by atoms with E-state index in [0.717, 1.165) is 0 Å². The molecule has 0 spiro atoms. The first-order valence-electron chi connectivity index (χ1n) is 7.82. The van der Waals surface area contributed by atoms with Crippen LogP contribution in [0.5, 0.6) is 11.5 Å². The molecule has 0 saturated carbocycles. The van der Waals surface area contributed by atoms with Gasteiger partial charge in [0.15, 0.2) is 0 Å². The van der Waals surface area contributed by atoms with E-state index in [-0.39, 0.29) is 11.5 Å². The van der Waals surface area contributed by atoms with Gasteiger partial charge in [0.1, 0.15) is 11.5 Å². The number of phenolic OH excluding ortho intramolecular Hbond substituents is 2. The van der Waals surface area contributed by atoms with E-state index in [2.05, 4.69) is 10.2 Å². The van der Waals surface area contributed by atoms with Crippen LogP contribution in [0.25, 0.3) is 0 Å². The molecule has 6 nitrogen and oxygen atoms in total. The smallest absolute Gasteiger partial charge is 0.124 e. The topological polar surface area (TPSA) is 71.7 Å². The van der Waals surface area contributed by atoms with Crippen LogP contribution < -0.4 is 0 Å². The van der Waals surface area contributed by atoms with Crippen molar-refractivity contribution in [2.24, 2.45) is 10.2 Å². The molecule has 0 bridgehead atoms. The van der Waals surface area contributed by atoms with Crippen molar-refractivity contribution in [3.63, 3.8) is 0 Å². The summed E-state index contributed by atoms with van der Waals surface area (Å²) in [7, 11) is 3.64. The molecule has 2 N–H and O–H groups in total. The normalized spacial score (nSPS) is 11.4. The molecular weight excluding hydrogens is 375 g/mol. The molecule has 0 atom stereocenters. The van der Waals surface area contributed by atoms with Gasteiger partial charge in [-0.25, -0.2) is 0 Å². The molecule has 0 aliphatic heterocycles. The monoisotopic (exact) mass is 394 g/mol. The molecular formula is C18H20Cl2N4O2. The fourth-order valence-corrected chi connectivity index (χ4v) is 2.35. The van der Waals surface area contributed by atoms with Gasteiger partial charge in [-0.1, -0.05) is 23.2 Å². The Hall–Kier alpha value is -2.44. The van der Waals surface area contributed by atoms with Gasteiger partial charge in [-0.3, -0.25) is 10.0 Å². The predicted octanol–water partition coefficient (Wildman–Crippen LogP) is 3.64. The molecule has 2 rings (SSSR count). The number of nitrogens with zero attached hydrogens (tertiary/aromatic N) is 4. The average Bonchev–Trinajstić information content (AvgIpc) is 2.61. The standard InChI is InChI=1S/C18H20Cl2N4O2/c1-23(21-11-13-9-15(19)3-5-17(13)25)7-8-24(2)22-12-14-10-16(20)4-6-18(14)26/h3-6,9-12,25-26H,7-8H2,1-2H3. The average molecular weight is 395 g/mol. The Morgan fingerprint density at radius 2 is 1.19 bits per heavy atom. The largest absolute Gasteiger partial charge is 0.507 e. The third kappa shape index (κ3) is 6.13. The van der Waals surface area contributed by atoms with E-state index >= 15 is 0 Å². The first-order valence-corrected chi connectivity index (χ1v) is 8.58. The highest BCUT2D eigenvalue weighted by Crippen LogP contribution is 2.20. The lowest BCUT2D eigenvalue weighted by Crippen LogP contribution is -2.25. The first-order chi connectivity index (χ1) is 12.3. The maximum Gasteiger partial charge on any atom is 0.124 e. The van der Waals surface area contributed by atoms with Crippen molar-refractivity contribution in [2.75, 3.05) is 27.2 Å². The highest BCUT2D eigenvalue weighted by atomic mass is 35.5. The summed E-state index contributed by atoms with van der Waals surface area (Å²) in [5, 5.41) is 32.6. The van der Waals surface area contributed by atoms with Crippen LogP contribution in [0.3, 0.4) is 0 Å². The number of hydrogen-bond acceptors (Lipinski definition) is 6. The zero-order valence-electron chi connectivity index (χ0n) is 14.5. The van der Waals surface area contributed by atoms with Gasteiger partial charge in [0.25, 0.3) is 0 Å². The van der Waals surface area contributed by atoms with E-state index in [1.807, 2.05) is 14.1 Å². The van der Waals surface area contributed by atoms with Crippen molar-refractivity contribution in [1.82, 2.24) is 10.0 Å². The highest BCUT2D eigenvalue weighted by Gasteiger charge is 2.02. The second kappa shape index (κ2) is 9.31. The molecule has 0 aliphatic rings. The molecule has 2 aromatic carbocycles. The Morgan fingerprint density at radius 1 is 0.808 bits per heavy atom. The number of phenols is 2. The molecule has 0 fully saturated rings. The molecule has 26 heavy (non-hydrogen) atoms. The molecule has 138 valence electrons. The lowest BCUT2D eigenvalue weighted by atomic mass is 10.2. The Kier molecular flexibility index (Phi) is 7.12.